The van der Waals surface area contributed by atoms with Gasteiger partial charge >= 0.3 is 6.01 Å². The molecule has 3 unspecified atom stereocenters. The summed E-state index contributed by atoms with van der Waals surface area (Å²) in [6.07, 6.45) is 3.36. The fourth-order valence-electron chi connectivity index (χ4n) is 2.15. The molecule has 0 radical (unpaired) electrons. The minimum Gasteiger partial charge on any atom is -0.460 e. The predicted octanol–water partition coefficient (Wildman–Crippen LogP) is 2.31. The molecular formula is C11H17ClN4O. The number of nitrogen functional groups attached to an aromatic ring is 1. The van der Waals surface area contributed by atoms with Crippen LogP contribution in [0.3, 0.4) is 0 Å². The number of halogens is 1. The zero-order chi connectivity index (χ0) is 12.4. The molecule has 6 heteroatoms. The van der Waals surface area contributed by atoms with Crippen molar-refractivity contribution in [2.24, 2.45) is 11.8 Å². The summed E-state index contributed by atoms with van der Waals surface area (Å²) in [5.41, 5.74) is 5.49. The molecule has 1 heterocycles. The van der Waals surface area contributed by atoms with Crippen LogP contribution in [0.5, 0.6) is 6.01 Å². The second kappa shape index (κ2) is 5.04. The Hall–Kier alpha value is -1.10. The summed E-state index contributed by atoms with van der Waals surface area (Å²) in [5, 5.41) is 0.0738. The van der Waals surface area contributed by atoms with Crippen molar-refractivity contribution in [1.29, 1.82) is 0 Å². The average molecular weight is 257 g/mol. The van der Waals surface area contributed by atoms with E-state index in [0.717, 1.165) is 18.8 Å². The Bertz CT molecular complexity index is 381. The highest BCUT2D eigenvalue weighted by Gasteiger charge is 2.26. The van der Waals surface area contributed by atoms with Crippen molar-refractivity contribution in [3.63, 3.8) is 0 Å². The molecule has 0 spiro atoms. The lowest BCUT2D eigenvalue weighted by Crippen LogP contribution is -2.29. The SMILES string of the molecule is CC1CCC(Oc2nc(N)nc(Cl)n2)CC1C. The lowest BCUT2D eigenvalue weighted by atomic mass is 9.80. The van der Waals surface area contributed by atoms with Gasteiger partial charge in [0.25, 0.3) is 0 Å². The molecular weight excluding hydrogens is 240 g/mol. The molecule has 1 fully saturated rings. The third-order valence-electron chi connectivity index (χ3n) is 3.43. The van der Waals surface area contributed by atoms with E-state index in [1.807, 2.05) is 0 Å². The van der Waals surface area contributed by atoms with Gasteiger partial charge in [0, 0.05) is 0 Å². The Morgan fingerprint density at radius 1 is 1.18 bits per heavy atom. The van der Waals surface area contributed by atoms with Gasteiger partial charge in [0.1, 0.15) is 6.10 Å². The summed E-state index contributed by atoms with van der Waals surface area (Å²) in [5.74, 6) is 1.50. The van der Waals surface area contributed by atoms with Crippen LogP contribution in [0.1, 0.15) is 33.1 Å². The van der Waals surface area contributed by atoms with Crippen LogP contribution in [-0.2, 0) is 0 Å². The van der Waals surface area contributed by atoms with Crippen molar-refractivity contribution in [2.45, 2.75) is 39.2 Å². The van der Waals surface area contributed by atoms with Crippen LogP contribution in [0.2, 0.25) is 5.28 Å². The van der Waals surface area contributed by atoms with Gasteiger partial charge in [-0.3, -0.25) is 0 Å². The normalized spacial score (nSPS) is 29.0. The Morgan fingerprint density at radius 2 is 1.94 bits per heavy atom. The van der Waals surface area contributed by atoms with Gasteiger partial charge in [0.15, 0.2) is 0 Å². The number of hydrogen-bond acceptors (Lipinski definition) is 5. The molecule has 17 heavy (non-hydrogen) atoms. The van der Waals surface area contributed by atoms with E-state index in [-0.39, 0.29) is 23.3 Å². The summed E-state index contributed by atoms with van der Waals surface area (Å²) in [6, 6.07) is 0.231. The summed E-state index contributed by atoms with van der Waals surface area (Å²) >= 11 is 5.70. The molecule has 94 valence electrons. The molecule has 1 saturated carbocycles. The van der Waals surface area contributed by atoms with Gasteiger partial charge in [-0.05, 0) is 42.7 Å². The summed E-state index contributed by atoms with van der Waals surface area (Å²) in [6.45, 7) is 4.52. The van der Waals surface area contributed by atoms with E-state index in [1.54, 1.807) is 0 Å². The van der Waals surface area contributed by atoms with Crippen molar-refractivity contribution in [3.8, 4) is 6.01 Å². The first-order valence-electron chi connectivity index (χ1n) is 5.88. The van der Waals surface area contributed by atoms with Crippen LogP contribution >= 0.6 is 11.6 Å². The lowest BCUT2D eigenvalue weighted by molar-refractivity contribution is 0.0919. The summed E-state index contributed by atoms with van der Waals surface area (Å²) in [4.78, 5) is 11.5. The van der Waals surface area contributed by atoms with E-state index in [9.17, 15) is 0 Å². The van der Waals surface area contributed by atoms with Crippen molar-refractivity contribution >= 4 is 17.5 Å². The zero-order valence-corrected chi connectivity index (χ0v) is 10.8. The third-order valence-corrected chi connectivity index (χ3v) is 3.60. The molecule has 0 saturated heterocycles. The molecule has 1 aliphatic rings. The number of aromatic nitrogens is 3. The van der Waals surface area contributed by atoms with E-state index in [1.165, 1.54) is 6.42 Å². The van der Waals surface area contributed by atoms with Gasteiger partial charge < -0.3 is 10.5 Å². The second-order valence-corrected chi connectivity index (χ2v) is 5.09. The molecule has 3 atom stereocenters. The van der Waals surface area contributed by atoms with Gasteiger partial charge in [-0.2, -0.15) is 15.0 Å². The van der Waals surface area contributed by atoms with Crippen LogP contribution in [-0.4, -0.2) is 21.1 Å². The van der Waals surface area contributed by atoms with Gasteiger partial charge in [0.05, 0.1) is 0 Å². The fraction of sp³-hybridized carbons (Fsp3) is 0.727. The first-order valence-corrected chi connectivity index (χ1v) is 6.26. The Kier molecular flexibility index (Phi) is 3.66. The molecule has 0 bridgehead atoms. The number of rotatable bonds is 2. The minimum atomic E-state index is 0.0738. The van der Waals surface area contributed by atoms with E-state index in [0.29, 0.717) is 5.92 Å². The monoisotopic (exact) mass is 256 g/mol. The van der Waals surface area contributed by atoms with Crippen molar-refractivity contribution in [1.82, 2.24) is 15.0 Å². The maximum atomic E-state index is 5.71. The van der Waals surface area contributed by atoms with Crippen LogP contribution in [0, 0.1) is 11.8 Å². The maximum Gasteiger partial charge on any atom is 0.322 e. The predicted molar refractivity (Wildman–Crippen MR) is 65.8 cm³/mol. The van der Waals surface area contributed by atoms with Crippen molar-refractivity contribution in [2.75, 3.05) is 5.73 Å². The zero-order valence-electron chi connectivity index (χ0n) is 10.1. The van der Waals surface area contributed by atoms with Crippen LogP contribution < -0.4 is 10.5 Å². The number of nitrogens with two attached hydrogens (primary N) is 1. The largest absolute Gasteiger partial charge is 0.460 e. The van der Waals surface area contributed by atoms with Crippen LogP contribution in [0.4, 0.5) is 5.95 Å². The minimum absolute atomic E-state index is 0.0738. The van der Waals surface area contributed by atoms with E-state index in [2.05, 4.69) is 28.8 Å². The second-order valence-electron chi connectivity index (χ2n) is 4.75. The fourth-order valence-corrected chi connectivity index (χ4v) is 2.31. The summed E-state index contributed by atoms with van der Waals surface area (Å²) < 4.78 is 5.71. The van der Waals surface area contributed by atoms with Crippen molar-refractivity contribution < 1.29 is 4.74 Å². The highest BCUT2D eigenvalue weighted by molar-refractivity contribution is 6.28. The topological polar surface area (TPSA) is 73.9 Å². The van der Waals surface area contributed by atoms with E-state index in [4.69, 9.17) is 22.1 Å². The quantitative estimate of drug-likeness (QED) is 0.879. The molecule has 1 aliphatic carbocycles. The number of nitrogens with zero attached hydrogens (tertiary/aromatic N) is 3. The Morgan fingerprint density at radius 3 is 2.59 bits per heavy atom. The standard InChI is InChI=1S/C11H17ClN4O/c1-6-3-4-8(5-7(6)2)17-11-15-9(12)14-10(13)16-11/h6-8H,3-5H2,1-2H3,(H2,13,14,15,16). The molecule has 0 aliphatic heterocycles. The molecule has 1 aromatic heterocycles. The highest BCUT2D eigenvalue weighted by Crippen LogP contribution is 2.31. The Labute approximate surface area is 106 Å². The van der Waals surface area contributed by atoms with Gasteiger partial charge in [-0.25, -0.2) is 0 Å². The first kappa shape index (κ1) is 12.4. The lowest BCUT2D eigenvalue weighted by Gasteiger charge is -2.31. The number of ether oxygens (including phenoxy) is 1. The molecule has 2 N–H and O–H groups in total. The van der Waals surface area contributed by atoms with Crippen molar-refractivity contribution in [3.05, 3.63) is 5.28 Å². The Balaban J connectivity index is 2.01. The molecule has 5 nitrogen and oxygen atoms in total. The number of anilines is 1. The molecule has 2 rings (SSSR count). The molecule has 0 aromatic carbocycles. The first-order chi connectivity index (χ1) is 8.04. The highest BCUT2D eigenvalue weighted by atomic mass is 35.5. The maximum absolute atomic E-state index is 5.71. The average Bonchev–Trinajstić information content (AvgIpc) is 2.22. The summed E-state index contributed by atoms with van der Waals surface area (Å²) in [7, 11) is 0. The van der Waals surface area contributed by atoms with E-state index >= 15 is 0 Å². The van der Waals surface area contributed by atoms with Gasteiger partial charge in [-0.1, -0.05) is 13.8 Å². The van der Waals surface area contributed by atoms with Gasteiger partial charge in [0.2, 0.25) is 11.2 Å². The third kappa shape index (κ3) is 3.19. The van der Waals surface area contributed by atoms with Gasteiger partial charge in [-0.15, -0.1) is 0 Å². The number of hydrogen-bond donors (Lipinski definition) is 1. The van der Waals surface area contributed by atoms with E-state index < -0.39 is 0 Å². The van der Waals surface area contributed by atoms with Crippen LogP contribution in [0.15, 0.2) is 0 Å². The smallest absolute Gasteiger partial charge is 0.322 e. The van der Waals surface area contributed by atoms with Crippen LogP contribution in [0.25, 0.3) is 0 Å². The molecule has 0 amide bonds. The molecule has 1 aromatic rings.